The van der Waals surface area contributed by atoms with Crippen molar-refractivity contribution in [2.75, 3.05) is 24.7 Å². The van der Waals surface area contributed by atoms with Crippen LogP contribution in [0.5, 0.6) is 11.5 Å². The molecule has 0 radical (unpaired) electrons. The average molecular weight is 283 g/mol. The van der Waals surface area contributed by atoms with E-state index in [4.69, 9.17) is 15.2 Å². The van der Waals surface area contributed by atoms with Crippen molar-refractivity contribution in [2.45, 2.75) is 12.5 Å². The molecule has 2 N–H and O–H groups in total. The lowest BCUT2D eigenvalue weighted by Gasteiger charge is -2.22. The highest BCUT2D eigenvalue weighted by atomic mass is 32.2. The summed E-state index contributed by atoms with van der Waals surface area (Å²) in [7, 11) is -2.90. The van der Waals surface area contributed by atoms with E-state index in [-0.39, 0.29) is 23.5 Å². The SMILES string of the molecule is NC(c1ccc2c(c1)OCCO2)C1CCS(=O)(=O)C1. The first-order valence-electron chi connectivity index (χ1n) is 6.41. The number of benzene rings is 1. The van der Waals surface area contributed by atoms with E-state index in [1.54, 1.807) is 0 Å². The van der Waals surface area contributed by atoms with Crippen molar-refractivity contribution in [3.05, 3.63) is 23.8 Å². The van der Waals surface area contributed by atoms with Crippen LogP contribution in [-0.2, 0) is 9.84 Å². The molecule has 2 unspecified atom stereocenters. The number of rotatable bonds is 2. The van der Waals surface area contributed by atoms with Crippen molar-refractivity contribution < 1.29 is 17.9 Å². The predicted octanol–water partition coefficient (Wildman–Crippen LogP) is 0.892. The second kappa shape index (κ2) is 4.68. The van der Waals surface area contributed by atoms with Crippen LogP contribution in [0.15, 0.2) is 18.2 Å². The zero-order valence-electron chi connectivity index (χ0n) is 10.5. The fourth-order valence-electron chi connectivity index (χ4n) is 2.65. The van der Waals surface area contributed by atoms with Crippen LogP contribution >= 0.6 is 0 Å². The van der Waals surface area contributed by atoms with E-state index >= 15 is 0 Å². The zero-order valence-corrected chi connectivity index (χ0v) is 11.4. The Bertz CT molecular complexity index is 584. The highest BCUT2D eigenvalue weighted by Crippen LogP contribution is 2.36. The van der Waals surface area contributed by atoms with Gasteiger partial charge in [-0.2, -0.15) is 0 Å². The topological polar surface area (TPSA) is 78.6 Å². The second-order valence-electron chi connectivity index (χ2n) is 5.09. The molecular weight excluding hydrogens is 266 g/mol. The zero-order chi connectivity index (χ0) is 13.5. The van der Waals surface area contributed by atoms with E-state index in [2.05, 4.69) is 0 Å². The molecule has 0 aliphatic carbocycles. The smallest absolute Gasteiger partial charge is 0.161 e. The molecule has 0 spiro atoms. The van der Waals surface area contributed by atoms with E-state index in [1.807, 2.05) is 18.2 Å². The number of hydrogen-bond donors (Lipinski definition) is 1. The summed E-state index contributed by atoms with van der Waals surface area (Å²) in [6.45, 7) is 1.09. The van der Waals surface area contributed by atoms with Gasteiger partial charge >= 0.3 is 0 Å². The lowest BCUT2D eigenvalue weighted by Crippen LogP contribution is -2.23. The van der Waals surface area contributed by atoms with Gasteiger partial charge in [-0.05, 0) is 30.0 Å². The van der Waals surface area contributed by atoms with Gasteiger partial charge in [0.1, 0.15) is 13.2 Å². The molecule has 1 aromatic rings. The highest BCUT2D eigenvalue weighted by molar-refractivity contribution is 7.91. The average Bonchev–Trinajstić information content (AvgIpc) is 2.78. The lowest BCUT2D eigenvalue weighted by molar-refractivity contribution is 0.171. The first-order valence-corrected chi connectivity index (χ1v) is 8.23. The fourth-order valence-corrected chi connectivity index (χ4v) is 4.50. The molecule has 3 rings (SSSR count). The minimum atomic E-state index is -2.90. The molecule has 2 aliphatic rings. The van der Waals surface area contributed by atoms with Crippen molar-refractivity contribution in [1.29, 1.82) is 0 Å². The van der Waals surface area contributed by atoms with Crippen LogP contribution in [0.1, 0.15) is 18.0 Å². The molecule has 2 aliphatic heterocycles. The summed E-state index contributed by atoms with van der Waals surface area (Å²) >= 11 is 0. The van der Waals surface area contributed by atoms with Gasteiger partial charge in [-0.15, -0.1) is 0 Å². The minimum absolute atomic E-state index is 0.00689. The number of hydrogen-bond acceptors (Lipinski definition) is 5. The minimum Gasteiger partial charge on any atom is -0.486 e. The maximum atomic E-state index is 11.5. The molecular formula is C13H17NO4S. The molecule has 1 fully saturated rings. The maximum Gasteiger partial charge on any atom is 0.161 e. The Balaban J connectivity index is 1.82. The van der Waals surface area contributed by atoms with Gasteiger partial charge in [0.2, 0.25) is 0 Å². The van der Waals surface area contributed by atoms with Crippen LogP contribution in [-0.4, -0.2) is 33.1 Å². The summed E-state index contributed by atoms with van der Waals surface area (Å²) in [5, 5.41) is 0. The Hall–Kier alpha value is -1.27. The van der Waals surface area contributed by atoms with Crippen molar-refractivity contribution in [3.8, 4) is 11.5 Å². The van der Waals surface area contributed by atoms with Gasteiger partial charge in [-0.1, -0.05) is 6.07 Å². The Kier molecular flexibility index (Phi) is 3.14. The number of sulfone groups is 1. The van der Waals surface area contributed by atoms with Crippen molar-refractivity contribution in [1.82, 2.24) is 0 Å². The number of fused-ring (bicyclic) bond motifs is 1. The summed E-state index contributed by atoms with van der Waals surface area (Å²) in [6.07, 6.45) is 0.637. The largest absolute Gasteiger partial charge is 0.486 e. The fraction of sp³-hybridized carbons (Fsp3) is 0.538. The van der Waals surface area contributed by atoms with Gasteiger partial charge in [0.05, 0.1) is 11.5 Å². The molecule has 0 saturated carbocycles. The van der Waals surface area contributed by atoms with Gasteiger partial charge in [0, 0.05) is 6.04 Å². The van der Waals surface area contributed by atoms with Gasteiger partial charge < -0.3 is 15.2 Å². The first kappa shape index (κ1) is 12.7. The number of ether oxygens (including phenoxy) is 2. The van der Waals surface area contributed by atoms with Crippen LogP contribution in [0, 0.1) is 5.92 Å². The third-order valence-corrected chi connectivity index (χ3v) is 5.52. The summed E-state index contributed by atoms with van der Waals surface area (Å²) in [5.41, 5.74) is 7.10. The van der Waals surface area contributed by atoms with Gasteiger partial charge in [0.15, 0.2) is 21.3 Å². The van der Waals surface area contributed by atoms with Crippen molar-refractivity contribution in [3.63, 3.8) is 0 Å². The summed E-state index contributed by atoms with van der Waals surface area (Å²) in [5.74, 6) is 1.84. The van der Waals surface area contributed by atoms with Crippen LogP contribution in [0.2, 0.25) is 0 Å². The molecule has 5 nitrogen and oxygen atoms in total. The van der Waals surface area contributed by atoms with Crippen LogP contribution in [0.25, 0.3) is 0 Å². The third-order valence-electron chi connectivity index (χ3n) is 3.73. The monoisotopic (exact) mass is 283 g/mol. The predicted molar refractivity (Wildman–Crippen MR) is 71.1 cm³/mol. The molecule has 6 heteroatoms. The molecule has 19 heavy (non-hydrogen) atoms. The maximum absolute atomic E-state index is 11.5. The van der Waals surface area contributed by atoms with Gasteiger partial charge in [-0.25, -0.2) is 8.42 Å². The van der Waals surface area contributed by atoms with E-state index in [9.17, 15) is 8.42 Å². The molecule has 0 aromatic heterocycles. The van der Waals surface area contributed by atoms with E-state index < -0.39 is 9.84 Å². The van der Waals surface area contributed by atoms with E-state index in [0.717, 1.165) is 11.3 Å². The molecule has 2 heterocycles. The molecule has 104 valence electrons. The molecule has 0 amide bonds. The van der Waals surface area contributed by atoms with Crippen LogP contribution in [0.3, 0.4) is 0 Å². The number of nitrogens with two attached hydrogens (primary N) is 1. The Labute approximate surface area is 112 Å². The van der Waals surface area contributed by atoms with Crippen molar-refractivity contribution >= 4 is 9.84 Å². The first-order chi connectivity index (χ1) is 9.05. The summed E-state index contributed by atoms with van der Waals surface area (Å²) in [6, 6.07) is 5.33. The highest BCUT2D eigenvalue weighted by Gasteiger charge is 2.33. The van der Waals surface area contributed by atoms with Crippen molar-refractivity contribution in [2.24, 2.45) is 11.7 Å². The van der Waals surface area contributed by atoms with Crippen LogP contribution in [0.4, 0.5) is 0 Å². The van der Waals surface area contributed by atoms with E-state index in [0.29, 0.717) is 25.4 Å². The van der Waals surface area contributed by atoms with Gasteiger partial charge in [0.25, 0.3) is 0 Å². The van der Waals surface area contributed by atoms with Crippen LogP contribution < -0.4 is 15.2 Å². The van der Waals surface area contributed by atoms with E-state index in [1.165, 1.54) is 0 Å². The molecule has 0 bridgehead atoms. The summed E-state index contributed by atoms with van der Waals surface area (Å²) < 4.78 is 34.0. The van der Waals surface area contributed by atoms with Gasteiger partial charge in [-0.3, -0.25) is 0 Å². The Morgan fingerprint density at radius 3 is 2.63 bits per heavy atom. The lowest BCUT2D eigenvalue weighted by atomic mass is 9.93. The molecule has 1 aromatic carbocycles. The second-order valence-corrected chi connectivity index (χ2v) is 7.32. The molecule has 1 saturated heterocycles. The normalized spacial score (nSPS) is 26.1. The Morgan fingerprint density at radius 2 is 1.95 bits per heavy atom. The summed E-state index contributed by atoms with van der Waals surface area (Å²) in [4.78, 5) is 0. The Morgan fingerprint density at radius 1 is 1.21 bits per heavy atom. The third kappa shape index (κ3) is 2.55. The standard InChI is InChI=1S/C13H17NO4S/c14-13(10-3-6-19(15,16)8-10)9-1-2-11-12(7-9)18-5-4-17-11/h1-2,7,10,13H,3-6,8,14H2. The molecule has 2 atom stereocenters. The quantitative estimate of drug-likeness (QED) is 0.872.